The first-order chi connectivity index (χ1) is 7.84. The summed E-state index contributed by atoms with van der Waals surface area (Å²) in [6, 6.07) is 3.71. The molecule has 0 atom stereocenters. The molecular formula is C14H20O2. The largest absolute Gasteiger partial charge is 0.469 e. The van der Waals surface area contributed by atoms with Crippen LogP contribution < -0.4 is 0 Å². The highest BCUT2D eigenvalue weighted by molar-refractivity contribution is 5.80. The lowest BCUT2D eigenvalue weighted by Crippen LogP contribution is -2.10. The predicted octanol–water partition coefficient (Wildman–Crippen LogP) is 3.75. The van der Waals surface area contributed by atoms with Gasteiger partial charge in [-0.25, -0.2) is 0 Å². The molecule has 0 aromatic carbocycles. The van der Waals surface area contributed by atoms with Gasteiger partial charge in [0.05, 0.1) is 12.7 Å². The minimum absolute atomic E-state index is 0.320. The number of hydrogen-bond acceptors (Lipinski definition) is 2. The number of ketones is 1. The molecule has 0 N–H and O–H groups in total. The van der Waals surface area contributed by atoms with E-state index >= 15 is 0 Å². The van der Waals surface area contributed by atoms with Crippen LogP contribution in [0, 0.1) is 5.92 Å². The predicted molar refractivity (Wildman–Crippen MR) is 63.2 cm³/mol. The lowest BCUT2D eigenvalue weighted by Gasteiger charge is -2.20. The van der Waals surface area contributed by atoms with Crippen LogP contribution in [0.2, 0.25) is 0 Å². The summed E-state index contributed by atoms with van der Waals surface area (Å²) in [5.74, 6) is 1.92. The van der Waals surface area contributed by atoms with E-state index in [-0.39, 0.29) is 0 Å². The van der Waals surface area contributed by atoms with Gasteiger partial charge < -0.3 is 4.42 Å². The van der Waals surface area contributed by atoms with E-state index in [1.165, 1.54) is 32.1 Å². The summed E-state index contributed by atoms with van der Waals surface area (Å²) in [6.45, 7) is 0. The fraction of sp³-hybridized carbons (Fsp3) is 0.643. The molecule has 1 aliphatic carbocycles. The molecule has 1 aliphatic rings. The van der Waals surface area contributed by atoms with Crippen LogP contribution in [0.5, 0.6) is 0 Å². The van der Waals surface area contributed by atoms with Crippen molar-refractivity contribution < 1.29 is 9.21 Å². The van der Waals surface area contributed by atoms with Gasteiger partial charge in [-0.05, 0) is 24.5 Å². The summed E-state index contributed by atoms with van der Waals surface area (Å²) in [6.07, 6.45) is 10.7. The standard InChI is InChI=1S/C14H20O2/c15-13(11-14-7-4-10-16-14)9-8-12-5-2-1-3-6-12/h4,7,10,12H,1-3,5-6,8-9,11H2. The molecule has 88 valence electrons. The Labute approximate surface area is 97.0 Å². The molecule has 1 aromatic heterocycles. The Kier molecular flexibility index (Phi) is 4.20. The van der Waals surface area contributed by atoms with Crippen molar-refractivity contribution in [2.45, 2.75) is 51.4 Å². The van der Waals surface area contributed by atoms with Crippen LogP contribution in [0.4, 0.5) is 0 Å². The molecule has 0 amide bonds. The van der Waals surface area contributed by atoms with Crippen molar-refractivity contribution in [2.75, 3.05) is 0 Å². The number of Topliss-reactive ketones (excluding diaryl/α,β-unsaturated/α-hetero) is 1. The maximum Gasteiger partial charge on any atom is 0.140 e. The van der Waals surface area contributed by atoms with E-state index in [2.05, 4.69) is 0 Å². The second kappa shape index (κ2) is 5.88. The van der Waals surface area contributed by atoms with Gasteiger partial charge in [0.2, 0.25) is 0 Å². The molecule has 2 nitrogen and oxygen atoms in total. The minimum Gasteiger partial charge on any atom is -0.469 e. The number of carbonyl (C=O) groups is 1. The van der Waals surface area contributed by atoms with E-state index in [9.17, 15) is 4.79 Å². The van der Waals surface area contributed by atoms with Crippen LogP contribution >= 0.6 is 0 Å². The fourth-order valence-electron chi connectivity index (χ4n) is 2.54. The highest BCUT2D eigenvalue weighted by atomic mass is 16.3. The Balaban J connectivity index is 1.67. The normalized spacial score (nSPS) is 17.5. The molecular weight excluding hydrogens is 200 g/mol. The van der Waals surface area contributed by atoms with Crippen molar-refractivity contribution in [2.24, 2.45) is 5.92 Å². The number of hydrogen-bond donors (Lipinski definition) is 0. The molecule has 1 saturated carbocycles. The summed E-state index contributed by atoms with van der Waals surface area (Å²) in [5, 5.41) is 0. The van der Waals surface area contributed by atoms with Crippen molar-refractivity contribution in [1.82, 2.24) is 0 Å². The van der Waals surface area contributed by atoms with Gasteiger partial charge in [-0.15, -0.1) is 0 Å². The number of furan rings is 1. The number of rotatable bonds is 5. The van der Waals surface area contributed by atoms with Crippen molar-refractivity contribution in [3.8, 4) is 0 Å². The van der Waals surface area contributed by atoms with E-state index in [0.29, 0.717) is 12.2 Å². The zero-order valence-corrected chi connectivity index (χ0v) is 9.78. The van der Waals surface area contributed by atoms with Crippen LogP contribution in [0.15, 0.2) is 22.8 Å². The van der Waals surface area contributed by atoms with Gasteiger partial charge in [0.25, 0.3) is 0 Å². The van der Waals surface area contributed by atoms with Crippen molar-refractivity contribution in [1.29, 1.82) is 0 Å². The topological polar surface area (TPSA) is 30.2 Å². The van der Waals surface area contributed by atoms with Gasteiger partial charge in [-0.3, -0.25) is 4.79 Å². The zero-order valence-electron chi connectivity index (χ0n) is 9.78. The van der Waals surface area contributed by atoms with E-state index in [1.807, 2.05) is 12.1 Å². The molecule has 0 aliphatic heterocycles. The lowest BCUT2D eigenvalue weighted by molar-refractivity contribution is -0.119. The Hall–Kier alpha value is -1.05. The summed E-state index contributed by atoms with van der Waals surface area (Å²) < 4.78 is 5.18. The minimum atomic E-state index is 0.320. The molecule has 1 aromatic rings. The maximum absolute atomic E-state index is 11.7. The third-order valence-corrected chi connectivity index (χ3v) is 3.51. The third-order valence-electron chi connectivity index (χ3n) is 3.51. The lowest BCUT2D eigenvalue weighted by atomic mass is 9.85. The van der Waals surface area contributed by atoms with Crippen LogP contribution in [0.1, 0.15) is 50.7 Å². The van der Waals surface area contributed by atoms with Crippen LogP contribution in [-0.2, 0) is 11.2 Å². The van der Waals surface area contributed by atoms with Gasteiger partial charge in [0.15, 0.2) is 0 Å². The Morgan fingerprint density at radius 3 is 2.81 bits per heavy atom. The van der Waals surface area contributed by atoms with Gasteiger partial charge in [0, 0.05) is 6.42 Å². The molecule has 0 bridgehead atoms. The van der Waals surface area contributed by atoms with Gasteiger partial charge in [-0.2, -0.15) is 0 Å². The summed E-state index contributed by atoms with van der Waals surface area (Å²) >= 11 is 0. The van der Waals surface area contributed by atoms with Gasteiger partial charge in [-0.1, -0.05) is 32.1 Å². The van der Waals surface area contributed by atoms with Crippen LogP contribution in [-0.4, -0.2) is 5.78 Å². The van der Waals surface area contributed by atoms with E-state index in [1.54, 1.807) is 6.26 Å². The molecule has 0 radical (unpaired) electrons. The van der Waals surface area contributed by atoms with E-state index in [0.717, 1.165) is 24.5 Å². The van der Waals surface area contributed by atoms with Crippen molar-refractivity contribution >= 4 is 5.78 Å². The Bertz CT molecular complexity index is 307. The highest BCUT2D eigenvalue weighted by Gasteiger charge is 2.15. The van der Waals surface area contributed by atoms with Crippen molar-refractivity contribution in [3.63, 3.8) is 0 Å². The highest BCUT2D eigenvalue weighted by Crippen LogP contribution is 2.27. The average molecular weight is 220 g/mol. The second-order valence-corrected chi connectivity index (χ2v) is 4.84. The molecule has 2 rings (SSSR count). The quantitative estimate of drug-likeness (QED) is 0.756. The molecule has 0 spiro atoms. The zero-order chi connectivity index (χ0) is 11.2. The van der Waals surface area contributed by atoms with E-state index < -0.39 is 0 Å². The summed E-state index contributed by atoms with van der Waals surface area (Å²) in [4.78, 5) is 11.7. The van der Waals surface area contributed by atoms with Crippen LogP contribution in [0.3, 0.4) is 0 Å². The van der Waals surface area contributed by atoms with E-state index in [4.69, 9.17) is 4.42 Å². The molecule has 2 heteroatoms. The molecule has 0 saturated heterocycles. The van der Waals surface area contributed by atoms with Gasteiger partial charge in [0.1, 0.15) is 11.5 Å². The summed E-state index contributed by atoms with van der Waals surface area (Å²) in [7, 11) is 0. The monoisotopic (exact) mass is 220 g/mol. The maximum atomic E-state index is 11.7. The molecule has 1 heterocycles. The second-order valence-electron chi connectivity index (χ2n) is 4.84. The first kappa shape index (κ1) is 11.4. The van der Waals surface area contributed by atoms with Crippen LogP contribution in [0.25, 0.3) is 0 Å². The Morgan fingerprint density at radius 2 is 2.12 bits per heavy atom. The molecule has 0 unspecified atom stereocenters. The molecule has 16 heavy (non-hydrogen) atoms. The third kappa shape index (κ3) is 3.51. The smallest absolute Gasteiger partial charge is 0.140 e. The first-order valence-electron chi connectivity index (χ1n) is 6.38. The van der Waals surface area contributed by atoms with Gasteiger partial charge >= 0.3 is 0 Å². The summed E-state index contributed by atoms with van der Waals surface area (Å²) in [5.41, 5.74) is 0. The SMILES string of the molecule is O=C(CCC1CCCCC1)Cc1ccco1. The first-order valence-corrected chi connectivity index (χ1v) is 6.38. The Morgan fingerprint density at radius 1 is 1.31 bits per heavy atom. The fourth-order valence-corrected chi connectivity index (χ4v) is 2.54. The molecule has 1 fully saturated rings. The average Bonchev–Trinajstić information content (AvgIpc) is 2.81. The number of carbonyl (C=O) groups excluding carboxylic acids is 1. The van der Waals surface area contributed by atoms with Crippen molar-refractivity contribution in [3.05, 3.63) is 24.2 Å².